The molecule has 2 aliphatic carbocycles. The van der Waals surface area contributed by atoms with Gasteiger partial charge in [0.2, 0.25) is 10.0 Å². The van der Waals surface area contributed by atoms with E-state index in [4.69, 9.17) is 0 Å². The van der Waals surface area contributed by atoms with Crippen molar-refractivity contribution in [3.05, 3.63) is 14.7 Å². The van der Waals surface area contributed by atoms with Crippen molar-refractivity contribution in [2.45, 2.75) is 56.5 Å². The van der Waals surface area contributed by atoms with E-state index < -0.39 is 10.0 Å². The number of hydrogen-bond acceptors (Lipinski definition) is 4. The summed E-state index contributed by atoms with van der Waals surface area (Å²) >= 11 is 4.90. The lowest BCUT2D eigenvalue weighted by molar-refractivity contribution is 0.166. The second-order valence-electron chi connectivity index (χ2n) is 6.49. The Labute approximate surface area is 138 Å². The minimum atomic E-state index is -3.42. The van der Waals surface area contributed by atoms with Crippen LogP contribution in [0.1, 0.15) is 43.9 Å². The zero-order valence-corrected chi connectivity index (χ0v) is 15.3. The molecule has 0 radical (unpaired) electrons. The maximum absolute atomic E-state index is 12.4. The fourth-order valence-electron chi connectivity index (χ4n) is 2.50. The van der Waals surface area contributed by atoms with Crippen LogP contribution in [0.25, 0.3) is 0 Å². The van der Waals surface area contributed by atoms with Crippen LogP contribution >= 0.6 is 27.3 Å². The molecule has 2 fully saturated rings. The summed E-state index contributed by atoms with van der Waals surface area (Å²) < 4.78 is 28.4. The van der Waals surface area contributed by atoms with Gasteiger partial charge < -0.3 is 5.32 Å². The van der Waals surface area contributed by atoms with E-state index in [9.17, 15) is 8.42 Å². The molecule has 0 bridgehead atoms. The molecule has 2 saturated carbocycles. The van der Waals surface area contributed by atoms with Gasteiger partial charge in [0, 0.05) is 24.0 Å². The molecule has 7 heteroatoms. The average molecular weight is 393 g/mol. The van der Waals surface area contributed by atoms with Crippen LogP contribution in [0.15, 0.2) is 14.7 Å². The van der Waals surface area contributed by atoms with E-state index in [2.05, 4.69) is 32.9 Å². The van der Waals surface area contributed by atoms with E-state index in [0.717, 1.165) is 24.3 Å². The second kappa shape index (κ2) is 5.92. The summed E-state index contributed by atoms with van der Waals surface area (Å²) in [6.45, 7) is 3.43. The summed E-state index contributed by atoms with van der Waals surface area (Å²) in [6.07, 6.45) is 5.89. The van der Waals surface area contributed by atoms with Gasteiger partial charge in [-0.05, 0) is 53.1 Å². The molecule has 4 nitrogen and oxygen atoms in total. The number of hydrogen-bond donors (Lipinski definition) is 2. The number of rotatable bonds is 7. The first kappa shape index (κ1) is 15.9. The van der Waals surface area contributed by atoms with Gasteiger partial charge in [0.1, 0.15) is 4.90 Å². The Morgan fingerprint density at radius 2 is 2.14 bits per heavy atom. The third kappa shape index (κ3) is 3.88. The van der Waals surface area contributed by atoms with Crippen molar-refractivity contribution in [2.24, 2.45) is 5.41 Å². The molecule has 2 aliphatic rings. The van der Waals surface area contributed by atoms with Gasteiger partial charge in [0.05, 0.1) is 3.79 Å². The van der Waals surface area contributed by atoms with Crippen molar-refractivity contribution in [3.8, 4) is 0 Å². The van der Waals surface area contributed by atoms with Crippen molar-refractivity contribution in [1.82, 2.24) is 10.0 Å². The molecule has 2 N–H and O–H groups in total. The van der Waals surface area contributed by atoms with Crippen LogP contribution in [0.3, 0.4) is 0 Å². The van der Waals surface area contributed by atoms with Gasteiger partial charge in [0.25, 0.3) is 0 Å². The standard InChI is InChI=1S/C14H21BrN2O2S2/c1-14(5-2-6-14)9-17-21(18,19)12-7-11(20-13(12)15)8-16-10-3-4-10/h7,10,16-17H,2-6,8-9H2,1H3. The average Bonchev–Trinajstić information content (AvgIpc) is 3.14. The summed E-state index contributed by atoms with van der Waals surface area (Å²) in [5.41, 5.74) is 0.145. The molecular formula is C14H21BrN2O2S2. The number of sulfonamides is 1. The lowest BCUT2D eigenvalue weighted by Gasteiger charge is -2.38. The molecule has 0 amide bonds. The van der Waals surface area contributed by atoms with E-state index in [0.29, 0.717) is 21.3 Å². The molecule has 118 valence electrons. The zero-order chi connectivity index (χ0) is 15.1. The molecule has 0 aromatic carbocycles. The topological polar surface area (TPSA) is 58.2 Å². The molecular weight excluding hydrogens is 372 g/mol. The van der Waals surface area contributed by atoms with Gasteiger partial charge in [-0.15, -0.1) is 11.3 Å². The highest BCUT2D eigenvalue weighted by Crippen LogP contribution is 2.40. The van der Waals surface area contributed by atoms with Gasteiger partial charge in [0.15, 0.2) is 0 Å². The van der Waals surface area contributed by atoms with E-state index in [-0.39, 0.29) is 5.41 Å². The Hall–Kier alpha value is 0.0500. The first-order valence-corrected chi connectivity index (χ1v) is 10.5. The Morgan fingerprint density at radius 3 is 2.71 bits per heavy atom. The lowest BCUT2D eigenvalue weighted by atomic mass is 9.71. The molecule has 0 atom stereocenters. The lowest BCUT2D eigenvalue weighted by Crippen LogP contribution is -2.39. The summed E-state index contributed by atoms with van der Waals surface area (Å²) in [5, 5.41) is 3.41. The Bertz CT molecular complexity index is 619. The Morgan fingerprint density at radius 1 is 1.43 bits per heavy atom. The molecule has 1 heterocycles. The smallest absolute Gasteiger partial charge is 0.242 e. The van der Waals surface area contributed by atoms with Crippen LogP contribution in [-0.4, -0.2) is 21.0 Å². The summed E-state index contributed by atoms with van der Waals surface area (Å²) in [5.74, 6) is 0. The van der Waals surface area contributed by atoms with Crippen LogP contribution in [0.5, 0.6) is 0 Å². The normalized spacial score (nSPS) is 21.2. The van der Waals surface area contributed by atoms with Crippen LogP contribution < -0.4 is 10.0 Å². The molecule has 0 spiro atoms. The molecule has 1 aromatic rings. The van der Waals surface area contributed by atoms with Crippen LogP contribution in [0.2, 0.25) is 0 Å². The van der Waals surface area contributed by atoms with E-state index in [1.807, 2.05) is 0 Å². The molecule has 0 aliphatic heterocycles. The van der Waals surface area contributed by atoms with Gasteiger partial charge >= 0.3 is 0 Å². The summed E-state index contributed by atoms with van der Waals surface area (Å²) in [4.78, 5) is 1.44. The Kier molecular flexibility index (Phi) is 4.49. The van der Waals surface area contributed by atoms with Crippen molar-refractivity contribution in [1.29, 1.82) is 0 Å². The van der Waals surface area contributed by atoms with Gasteiger partial charge in [-0.3, -0.25) is 0 Å². The number of thiophene rings is 1. The zero-order valence-electron chi connectivity index (χ0n) is 12.1. The van der Waals surface area contributed by atoms with Crippen LogP contribution in [0.4, 0.5) is 0 Å². The van der Waals surface area contributed by atoms with E-state index >= 15 is 0 Å². The molecule has 1 aromatic heterocycles. The highest BCUT2D eigenvalue weighted by molar-refractivity contribution is 9.11. The van der Waals surface area contributed by atoms with Crippen molar-refractivity contribution in [3.63, 3.8) is 0 Å². The minimum Gasteiger partial charge on any atom is -0.309 e. The van der Waals surface area contributed by atoms with Crippen molar-refractivity contribution in [2.75, 3.05) is 6.54 Å². The van der Waals surface area contributed by atoms with Crippen LogP contribution in [0, 0.1) is 5.41 Å². The number of nitrogens with one attached hydrogen (secondary N) is 2. The van der Waals surface area contributed by atoms with Crippen molar-refractivity contribution >= 4 is 37.3 Å². The third-order valence-electron chi connectivity index (χ3n) is 4.39. The minimum absolute atomic E-state index is 0.145. The van der Waals surface area contributed by atoms with E-state index in [1.165, 1.54) is 30.6 Å². The van der Waals surface area contributed by atoms with Gasteiger partial charge in [-0.25, -0.2) is 13.1 Å². The summed E-state index contributed by atoms with van der Waals surface area (Å²) in [7, 11) is -3.42. The predicted molar refractivity (Wildman–Crippen MR) is 89.0 cm³/mol. The maximum Gasteiger partial charge on any atom is 0.242 e. The van der Waals surface area contributed by atoms with Gasteiger partial charge in [-0.1, -0.05) is 13.3 Å². The first-order chi connectivity index (χ1) is 9.88. The summed E-state index contributed by atoms with van der Waals surface area (Å²) in [6, 6.07) is 2.41. The van der Waals surface area contributed by atoms with Crippen molar-refractivity contribution < 1.29 is 8.42 Å². The van der Waals surface area contributed by atoms with Gasteiger partial charge in [-0.2, -0.15) is 0 Å². The maximum atomic E-state index is 12.4. The largest absolute Gasteiger partial charge is 0.309 e. The quantitative estimate of drug-likeness (QED) is 0.748. The second-order valence-corrected chi connectivity index (χ2v) is 10.7. The SMILES string of the molecule is CC1(CNS(=O)(=O)c2cc(CNC3CC3)sc2Br)CCC1. The third-order valence-corrected chi connectivity index (χ3v) is 8.04. The van der Waals surface area contributed by atoms with E-state index in [1.54, 1.807) is 6.07 Å². The van der Waals surface area contributed by atoms with Crippen LogP contribution in [-0.2, 0) is 16.6 Å². The highest BCUT2D eigenvalue weighted by Gasteiger charge is 2.33. The molecule has 21 heavy (non-hydrogen) atoms. The number of halogens is 1. The molecule has 0 unspecified atom stereocenters. The molecule has 0 saturated heterocycles. The fourth-order valence-corrected chi connectivity index (χ4v) is 6.34. The highest BCUT2D eigenvalue weighted by atomic mass is 79.9. The molecule has 3 rings (SSSR count). The Balaban J connectivity index is 1.65. The fraction of sp³-hybridized carbons (Fsp3) is 0.714. The first-order valence-electron chi connectivity index (χ1n) is 7.39. The monoisotopic (exact) mass is 392 g/mol. The predicted octanol–water partition coefficient (Wildman–Crippen LogP) is 3.23.